The van der Waals surface area contributed by atoms with E-state index in [1.807, 2.05) is 0 Å². The van der Waals surface area contributed by atoms with Gasteiger partial charge < -0.3 is 52.5 Å². The minimum atomic E-state index is -5.70. The zero-order chi connectivity index (χ0) is 47.6. The zero-order valence-corrected chi connectivity index (χ0v) is 38.4. The highest BCUT2D eigenvalue weighted by molar-refractivity contribution is 7.16. The van der Waals surface area contributed by atoms with Gasteiger partial charge in [0.2, 0.25) is 0 Å². The molecule has 0 bridgehead atoms. The maximum atomic E-state index is 15.9. The van der Waals surface area contributed by atoms with Crippen molar-refractivity contribution >= 4 is 39.8 Å². The van der Waals surface area contributed by atoms with Crippen molar-refractivity contribution in [3.63, 3.8) is 0 Å². The predicted molar refractivity (Wildman–Crippen MR) is 237 cm³/mol. The lowest BCUT2D eigenvalue weighted by Crippen LogP contribution is -2.48. The van der Waals surface area contributed by atoms with Crippen LogP contribution in [0.3, 0.4) is 0 Å². The molecule has 2 heterocycles. The molecular formula is C46H54F6O12S2. The van der Waals surface area contributed by atoms with E-state index in [1.54, 1.807) is 55.6 Å². The zero-order valence-electron chi connectivity index (χ0n) is 36.8. The number of carbonyl (C=O) groups is 1. The van der Waals surface area contributed by atoms with Crippen molar-refractivity contribution in [2.24, 2.45) is 0 Å². The van der Waals surface area contributed by atoms with Gasteiger partial charge in [-0.3, -0.25) is 0 Å². The van der Waals surface area contributed by atoms with Gasteiger partial charge >= 0.3 is 23.7 Å². The Labute approximate surface area is 387 Å². The van der Waals surface area contributed by atoms with Crippen LogP contribution >= 0.6 is 22.7 Å². The molecule has 0 saturated heterocycles. The summed E-state index contributed by atoms with van der Waals surface area (Å²) in [6.45, 7) is 7.84. The van der Waals surface area contributed by atoms with Crippen LogP contribution in [0.15, 0.2) is 60.7 Å². The highest BCUT2D eigenvalue weighted by Crippen LogP contribution is 2.66. The summed E-state index contributed by atoms with van der Waals surface area (Å²) < 4.78 is 148. The predicted octanol–water partition coefficient (Wildman–Crippen LogP) is 9.20. The number of carboxylic acids is 1. The first-order chi connectivity index (χ1) is 31.7. The quantitative estimate of drug-likeness (QED) is 0.0370. The number of aryl methyl sites for hydroxylation is 2. The molecule has 1 aliphatic carbocycles. The fraction of sp³-hybridized carbons (Fsp3) is 0.500. The largest absolute Gasteiger partial charge is 0.491 e. The van der Waals surface area contributed by atoms with Crippen molar-refractivity contribution in [1.82, 2.24) is 0 Å². The molecule has 12 nitrogen and oxygen atoms in total. The van der Waals surface area contributed by atoms with Crippen LogP contribution in [-0.4, -0.2) is 148 Å². The second kappa shape index (κ2) is 25.9. The highest BCUT2D eigenvalue weighted by atomic mass is 32.1. The Kier molecular flexibility index (Phi) is 20.7. The van der Waals surface area contributed by atoms with Crippen LogP contribution in [0.5, 0.6) is 11.5 Å². The number of hydrogen-bond acceptors (Lipinski definition) is 13. The molecule has 364 valence electrons. The normalized spacial score (nSPS) is 15.2. The van der Waals surface area contributed by atoms with Crippen molar-refractivity contribution in [2.45, 2.75) is 31.6 Å². The average Bonchev–Trinajstić information content (AvgIpc) is 3.89. The van der Waals surface area contributed by atoms with Gasteiger partial charge in [-0.1, -0.05) is 0 Å². The summed E-state index contributed by atoms with van der Waals surface area (Å²) in [5, 5.41) is 8.51. The second-order valence-corrected chi connectivity index (χ2v) is 17.0. The monoisotopic (exact) mass is 976 g/mol. The van der Waals surface area contributed by atoms with E-state index in [-0.39, 0.29) is 60.5 Å². The number of rotatable bonds is 32. The molecule has 2 aromatic carbocycles. The van der Waals surface area contributed by atoms with Crippen LogP contribution in [0, 0.1) is 13.8 Å². The molecule has 0 atom stereocenters. The molecule has 0 unspecified atom stereocenters. The summed E-state index contributed by atoms with van der Waals surface area (Å²) in [7, 11) is 1.60. The van der Waals surface area contributed by atoms with E-state index in [9.17, 15) is 4.79 Å². The van der Waals surface area contributed by atoms with Crippen molar-refractivity contribution in [3.05, 3.63) is 81.5 Å². The van der Waals surface area contributed by atoms with E-state index >= 15 is 26.3 Å². The average molecular weight is 977 g/mol. The molecule has 1 aliphatic rings. The Balaban J connectivity index is 1.16. The molecule has 0 radical (unpaired) electrons. The smallest absolute Gasteiger partial charge is 0.380 e. The molecule has 4 aromatic rings. The minimum absolute atomic E-state index is 0.166. The van der Waals surface area contributed by atoms with Gasteiger partial charge in [0.1, 0.15) is 31.3 Å². The molecule has 66 heavy (non-hydrogen) atoms. The van der Waals surface area contributed by atoms with Gasteiger partial charge in [-0.05, 0) is 96.8 Å². The highest BCUT2D eigenvalue weighted by Gasteiger charge is 2.80. The van der Waals surface area contributed by atoms with Gasteiger partial charge in [-0.25, -0.2) is 4.79 Å². The minimum Gasteiger partial charge on any atom is -0.491 e. The number of aliphatic carboxylic acids is 1. The molecule has 20 heteroatoms. The summed E-state index contributed by atoms with van der Waals surface area (Å²) in [5.74, 6) is -16.2. The fourth-order valence-electron chi connectivity index (χ4n) is 6.55. The Hall–Kier alpha value is -4.09. The molecular weight excluding hydrogens is 923 g/mol. The lowest BCUT2D eigenvalue weighted by atomic mass is 9.94. The topological polar surface area (TPSA) is 130 Å². The molecule has 5 rings (SSSR count). The first-order valence-electron chi connectivity index (χ1n) is 21.0. The van der Waals surface area contributed by atoms with Gasteiger partial charge in [0.15, 0.2) is 0 Å². The van der Waals surface area contributed by atoms with E-state index in [0.717, 1.165) is 22.7 Å². The van der Waals surface area contributed by atoms with Crippen LogP contribution in [0.1, 0.15) is 20.9 Å². The second-order valence-electron chi connectivity index (χ2n) is 14.5. The van der Waals surface area contributed by atoms with Crippen molar-refractivity contribution < 1.29 is 83.6 Å². The number of methoxy groups -OCH3 is 1. The number of thiophene rings is 2. The maximum absolute atomic E-state index is 15.9. The van der Waals surface area contributed by atoms with Gasteiger partial charge in [0.05, 0.1) is 92.5 Å². The van der Waals surface area contributed by atoms with Gasteiger partial charge in [0, 0.05) is 37.8 Å². The number of ether oxygens (including phenoxy) is 10. The first-order valence-corrected chi connectivity index (χ1v) is 22.6. The Morgan fingerprint density at radius 2 is 0.818 bits per heavy atom. The molecule has 2 aromatic heterocycles. The first kappa shape index (κ1) is 52.9. The number of alkyl halides is 6. The molecule has 0 spiro atoms. The molecule has 0 fully saturated rings. The Morgan fingerprint density at radius 3 is 1.15 bits per heavy atom. The standard InChI is InChI=1S/C46H54F6O12S2/c1-31-37(28-39(65-31)33-4-8-35(9-5-33)63-26-24-60-20-18-57-15-14-56-13-12-55-3)42-43(45(49,50)46(51,52)44(42,47)48)38-29-40(66-32(38)2)34-6-10-36(11-7-34)64-27-25-61-21-19-58-16-17-59-22-23-62-30-41(53)54/h4-11,28-29H,12-27,30H2,1-3H3,(H,53,54). The molecule has 0 aliphatic heterocycles. The van der Waals surface area contributed by atoms with Crippen molar-refractivity contribution in [1.29, 1.82) is 0 Å². The molecule has 0 amide bonds. The van der Waals surface area contributed by atoms with E-state index in [2.05, 4.69) is 0 Å². The third kappa shape index (κ3) is 14.2. The van der Waals surface area contributed by atoms with E-state index in [0.29, 0.717) is 105 Å². The van der Waals surface area contributed by atoms with Crippen LogP contribution < -0.4 is 9.47 Å². The summed E-state index contributed by atoms with van der Waals surface area (Å²) in [6.07, 6.45) is 0. The third-order valence-electron chi connectivity index (χ3n) is 9.83. The van der Waals surface area contributed by atoms with E-state index in [1.165, 1.54) is 26.0 Å². The number of halogens is 6. The van der Waals surface area contributed by atoms with E-state index < -0.39 is 34.9 Å². The summed E-state index contributed by atoms with van der Waals surface area (Å²) in [5.41, 5.74) is -2.44. The van der Waals surface area contributed by atoms with Crippen molar-refractivity contribution in [2.75, 3.05) is 119 Å². The number of carboxylic acid groups (broad SMARTS) is 1. The fourth-order valence-corrected chi connectivity index (χ4v) is 8.61. The van der Waals surface area contributed by atoms with Crippen LogP contribution in [0.4, 0.5) is 26.3 Å². The van der Waals surface area contributed by atoms with Crippen molar-refractivity contribution in [3.8, 4) is 32.4 Å². The summed E-state index contributed by atoms with van der Waals surface area (Å²) >= 11 is 2.06. The molecule has 0 saturated carbocycles. The van der Waals surface area contributed by atoms with Crippen LogP contribution in [0.25, 0.3) is 32.0 Å². The van der Waals surface area contributed by atoms with Gasteiger partial charge in [-0.2, -0.15) is 26.3 Å². The van der Waals surface area contributed by atoms with Crippen LogP contribution in [0.2, 0.25) is 0 Å². The summed E-state index contributed by atoms with van der Waals surface area (Å²) in [4.78, 5) is 11.6. The number of allylic oxidation sites excluding steroid dienone is 2. The number of hydrogen-bond donors (Lipinski definition) is 1. The lowest BCUT2D eigenvalue weighted by molar-refractivity contribution is -0.254. The lowest BCUT2D eigenvalue weighted by Gasteiger charge is -2.25. The molecule has 1 N–H and O–H groups in total. The van der Waals surface area contributed by atoms with Gasteiger partial charge in [0.25, 0.3) is 0 Å². The van der Waals surface area contributed by atoms with Gasteiger partial charge in [-0.15, -0.1) is 22.7 Å². The SMILES string of the molecule is COCCOCCOCCOCCOc1ccc(-c2cc(C3=C(c4cc(-c5ccc(OCCOCCOCCOCCOCC(=O)O)cc5)sc4C)C(F)(F)C(F)(F)C3(F)F)c(C)s2)cc1. The Bertz CT molecular complexity index is 2130. The summed E-state index contributed by atoms with van der Waals surface area (Å²) in [6, 6.07) is 15.8. The van der Waals surface area contributed by atoms with Crippen LogP contribution in [-0.2, 0) is 42.7 Å². The Morgan fingerprint density at radius 1 is 0.500 bits per heavy atom. The third-order valence-corrected chi connectivity index (χ3v) is 12.0. The van der Waals surface area contributed by atoms with E-state index in [4.69, 9.17) is 52.5 Å². The number of benzene rings is 2. The maximum Gasteiger partial charge on any atom is 0.380 e.